The molecule has 9 nitrogen and oxygen atoms in total. The largest absolute Gasteiger partial charge is 0.495 e. The summed E-state index contributed by atoms with van der Waals surface area (Å²) in [5, 5.41) is 11.8. The molecular formula is C37H41N3O6. The van der Waals surface area contributed by atoms with E-state index < -0.39 is 5.97 Å². The molecule has 1 saturated heterocycles. The number of aliphatic carboxylic acids is 1. The van der Waals surface area contributed by atoms with Gasteiger partial charge < -0.3 is 29.5 Å². The van der Waals surface area contributed by atoms with Crippen LogP contribution in [0.1, 0.15) is 41.3 Å². The number of anilines is 2. The average molecular weight is 624 g/mol. The quantitative estimate of drug-likeness (QED) is 0.144. The van der Waals surface area contributed by atoms with Crippen molar-refractivity contribution in [3.05, 3.63) is 114 Å². The zero-order valence-electron chi connectivity index (χ0n) is 26.1. The van der Waals surface area contributed by atoms with Crippen LogP contribution in [0.15, 0.2) is 103 Å². The fourth-order valence-electron chi connectivity index (χ4n) is 5.53. The van der Waals surface area contributed by atoms with Crippen molar-refractivity contribution in [3.63, 3.8) is 0 Å². The maximum atomic E-state index is 13.1. The lowest BCUT2D eigenvalue weighted by Crippen LogP contribution is -2.47. The van der Waals surface area contributed by atoms with Crippen LogP contribution in [0.2, 0.25) is 0 Å². The second-order valence-electron chi connectivity index (χ2n) is 11.1. The van der Waals surface area contributed by atoms with E-state index in [1.165, 1.54) is 0 Å². The number of carboxylic acids is 1. The highest BCUT2D eigenvalue weighted by molar-refractivity contribution is 6.06. The first-order valence-electron chi connectivity index (χ1n) is 15.7. The predicted molar refractivity (Wildman–Crippen MR) is 179 cm³/mol. The van der Waals surface area contributed by atoms with Gasteiger partial charge in [0.25, 0.3) is 5.91 Å². The van der Waals surface area contributed by atoms with E-state index in [1.807, 2.05) is 54.6 Å². The lowest BCUT2D eigenvalue weighted by atomic mass is 10.1. The zero-order valence-corrected chi connectivity index (χ0v) is 26.1. The van der Waals surface area contributed by atoms with Crippen LogP contribution in [-0.4, -0.2) is 68.3 Å². The molecule has 9 heteroatoms. The van der Waals surface area contributed by atoms with Crippen molar-refractivity contribution in [2.24, 2.45) is 0 Å². The average Bonchev–Trinajstić information content (AvgIpc) is 3.10. The van der Waals surface area contributed by atoms with Gasteiger partial charge in [-0.25, -0.2) is 0 Å². The highest BCUT2D eigenvalue weighted by atomic mass is 16.5. The van der Waals surface area contributed by atoms with Crippen LogP contribution in [0.3, 0.4) is 0 Å². The molecule has 0 spiro atoms. The molecule has 1 heterocycles. The Labute approximate surface area is 270 Å². The Kier molecular flexibility index (Phi) is 11.5. The highest BCUT2D eigenvalue weighted by Gasteiger charge is 2.22. The number of carbonyl (C=O) groups is 2. The number of carbonyl (C=O) groups excluding carboxylic acids is 1. The topological polar surface area (TPSA) is 101 Å². The first kappa shape index (κ1) is 32.4. The van der Waals surface area contributed by atoms with Crippen LogP contribution in [0.5, 0.6) is 17.2 Å². The Balaban J connectivity index is 1.16. The number of methoxy groups -OCH3 is 1. The van der Waals surface area contributed by atoms with Gasteiger partial charge in [0, 0.05) is 51.3 Å². The van der Waals surface area contributed by atoms with Crippen LogP contribution < -0.4 is 24.4 Å². The minimum atomic E-state index is -0.878. The van der Waals surface area contributed by atoms with Crippen molar-refractivity contribution in [2.75, 3.05) is 56.7 Å². The summed E-state index contributed by atoms with van der Waals surface area (Å²) in [5.74, 6) is 0.849. The van der Waals surface area contributed by atoms with Crippen molar-refractivity contribution in [1.82, 2.24) is 4.90 Å². The van der Waals surface area contributed by atoms with Gasteiger partial charge in [-0.05, 0) is 60.5 Å². The van der Waals surface area contributed by atoms with Gasteiger partial charge in [0.2, 0.25) is 0 Å². The first-order valence-corrected chi connectivity index (χ1v) is 15.7. The Hall–Kier alpha value is -5.02. The molecule has 0 bridgehead atoms. The normalized spacial score (nSPS) is 13.9. The summed E-state index contributed by atoms with van der Waals surface area (Å²) < 4.78 is 17.8. The summed E-state index contributed by atoms with van der Waals surface area (Å²) in [6, 6.07) is 32.7. The van der Waals surface area contributed by atoms with Crippen molar-refractivity contribution < 1.29 is 28.9 Å². The number of amides is 1. The minimum absolute atomic E-state index is 0.00960. The molecule has 46 heavy (non-hydrogen) atoms. The Morgan fingerprint density at radius 2 is 1.50 bits per heavy atom. The summed E-state index contributed by atoms with van der Waals surface area (Å²) in [6.45, 7) is 4.92. The second-order valence-corrected chi connectivity index (χ2v) is 11.1. The Morgan fingerprint density at radius 3 is 2.22 bits per heavy atom. The van der Waals surface area contributed by atoms with Crippen LogP contribution >= 0.6 is 0 Å². The van der Waals surface area contributed by atoms with Crippen LogP contribution in [0.25, 0.3) is 0 Å². The molecule has 0 radical (unpaired) electrons. The number of ether oxygens (including phenoxy) is 3. The van der Waals surface area contributed by atoms with Gasteiger partial charge in [-0.15, -0.1) is 0 Å². The SMILES string of the molecule is COc1ccccc1N1CCN(CCC(Oc2ccc(NC(=O)c3ccccc3OCCCC(=O)O)cc2)c2ccccc2)CC1. The van der Waals surface area contributed by atoms with Gasteiger partial charge in [-0.3, -0.25) is 14.5 Å². The van der Waals surface area contributed by atoms with Gasteiger partial charge in [-0.1, -0.05) is 54.6 Å². The third kappa shape index (κ3) is 9.01. The van der Waals surface area contributed by atoms with Crippen LogP contribution in [0.4, 0.5) is 11.4 Å². The summed E-state index contributed by atoms with van der Waals surface area (Å²) in [6.07, 6.45) is 1.08. The van der Waals surface area contributed by atoms with E-state index in [1.54, 1.807) is 31.4 Å². The van der Waals surface area contributed by atoms with Crippen molar-refractivity contribution in [3.8, 4) is 17.2 Å². The number of carboxylic acid groups (broad SMARTS) is 1. The summed E-state index contributed by atoms with van der Waals surface area (Å²) >= 11 is 0. The molecule has 0 saturated carbocycles. The molecule has 1 atom stereocenters. The van der Waals surface area contributed by atoms with Crippen LogP contribution in [-0.2, 0) is 4.79 Å². The van der Waals surface area contributed by atoms with E-state index in [0.717, 1.165) is 61.9 Å². The second kappa shape index (κ2) is 16.3. The molecule has 4 aromatic carbocycles. The Bertz CT molecular complexity index is 1560. The van der Waals surface area contributed by atoms with Crippen molar-refractivity contribution in [2.45, 2.75) is 25.4 Å². The maximum Gasteiger partial charge on any atom is 0.303 e. The van der Waals surface area contributed by atoms with Gasteiger partial charge in [-0.2, -0.15) is 0 Å². The van der Waals surface area contributed by atoms with E-state index in [-0.39, 0.29) is 25.0 Å². The zero-order chi connectivity index (χ0) is 32.1. The van der Waals surface area contributed by atoms with Gasteiger partial charge >= 0.3 is 5.97 Å². The van der Waals surface area contributed by atoms with Gasteiger partial charge in [0.1, 0.15) is 23.4 Å². The molecule has 1 unspecified atom stereocenters. The van der Waals surface area contributed by atoms with E-state index in [0.29, 0.717) is 23.4 Å². The molecule has 240 valence electrons. The number of nitrogens with zero attached hydrogens (tertiary/aromatic N) is 2. The molecule has 0 aliphatic carbocycles. The number of hydrogen-bond acceptors (Lipinski definition) is 7. The molecule has 4 aromatic rings. The van der Waals surface area contributed by atoms with Gasteiger partial charge in [0.05, 0.1) is 25.0 Å². The number of nitrogens with one attached hydrogen (secondary N) is 1. The minimum Gasteiger partial charge on any atom is -0.495 e. The molecule has 1 aliphatic heterocycles. The summed E-state index contributed by atoms with van der Waals surface area (Å²) in [5.41, 5.74) is 3.26. The monoisotopic (exact) mass is 623 g/mol. The van der Waals surface area contributed by atoms with E-state index in [9.17, 15) is 9.59 Å². The first-order chi connectivity index (χ1) is 22.5. The molecular weight excluding hydrogens is 582 g/mol. The van der Waals surface area contributed by atoms with Gasteiger partial charge in [0.15, 0.2) is 0 Å². The van der Waals surface area contributed by atoms with E-state index >= 15 is 0 Å². The van der Waals surface area contributed by atoms with E-state index in [2.05, 4.69) is 39.4 Å². The molecule has 1 amide bonds. The molecule has 1 aliphatic rings. The third-order valence-electron chi connectivity index (χ3n) is 7.99. The lowest BCUT2D eigenvalue weighted by Gasteiger charge is -2.37. The third-order valence-corrected chi connectivity index (χ3v) is 7.99. The van der Waals surface area contributed by atoms with Crippen molar-refractivity contribution in [1.29, 1.82) is 0 Å². The Morgan fingerprint density at radius 1 is 0.826 bits per heavy atom. The number of rotatable bonds is 15. The highest BCUT2D eigenvalue weighted by Crippen LogP contribution is 2.30. The number of para-hydroxylation sites is 3. The molecule has 0 aromatic heterocycles. The number of piperazine rings is 1. The smallest absolute Gasteiger partial charge is 0.303 e. The molecule has 5 rings (SSSR count). The lowest BCUT2D eigenvalue weighted by molar-refractivity contribution is -0.137. The molecule has 1 fully saturated rings. The summed E-state index contributed by atoms with van der Waals surface area (Å²) in [7, 11) is 1.72. The number of hydrogen-bond donors (Lipinski definition) is 2. The number of benzene rings is 4. The van der Waals surface area contributed by atoms with E-state index in [4.69, 9.17) is 19.3 Å². The molecule has 2 N–H and O–H groups in total. The fraction of sp³-hybridized carbons (Fsp3) is 0.297. The predicted octanol–water partition coefficient (Wildman–Crippen LogP) is 6.52. The standard InChI is InChI=1S/C37H41N3O6/c1-44-35-15-8-6-13-32(35)40-25-23-39(24-26-40)22-21-33(28-10-3-2-4-11-28)46-30-19-17-29(18-20-30)38-37(43)31-12-5-7-14-34(31)45-27-9-16-36(41)42/h2-8,10-15,17-20,33H,9,16,21-27H2,1H3,(H,38,43)(H,41,42). The summed E-state index contributed by atoms with van der Waals surface area (Å²) in [4.78, 5) is 28.7. The fourth-order valence-corrected chi connectivity index (χ4v) is 5.53. The van der Waals surface area contributed by atoms with Crippen molar-refractivity contribution >= 4 is 23.3 Å². The maximum absolute atomic E-state index is 13.1. The van der Waals surface area contributed by atoms with Crippen LogP contribution in [0, 0.1) is 0 Å².